The lowest BCUT2D eigenvalue weighted by Gasteiger charge is -2.28. The molecule has 0 unspecified atom stereocenters. The minimum Gasteiger partial charge on any atom is -0.493 e. The fraction of sp³-hybridized carbons (Fsp3) is 0.286. The van der Waals surface area contributed by atoms with Crippen LogP contribution in [0.25, 0.3) is 5.69 Å². The molecule has 1 N–H and O–H groups in total. The molecule has 0 saturated carbocycles. The molecule has 2 aromatic carbocycles. The summed E-state index contributed by atoms with van der Waals surface area (Å²) in [5.41, 5.74) is 5.29. The van der Waals surface area contributed by atoms with Crippen LogP contribution < -0.4 is 14.8 Å². The van der Waals surface area contributed by atoms with Crippen LogP contribution in [0.4, 0.5) is 0 Å². The molecule has 4 aromatic rings. The normalized spacial score (nSPS) is 13.5. The van der Waals surface area contributed by atoms with Crippen molar-refractivity contribution in [3.8, 4) is 17.2 Å². The van der Waals surface area contributed by atoms with Crippen LogP contribution in [0.3, 0.4) is 0 Å². The quantitative estimate of drug-likeness (QED) is 0.330. The highest BCUT2D eigenvalue weighted by Crippen LogP contribution is 2.29. The maximum atomic E-state index is 13.0. The lowest BCUT2D eigenvalue weighted by atomic mass is 9.99. The van der Waals surface area contributed by atoms with Crippen LogP contribution in [0, 0.1) is 6.92 Å². The third-order valence-electron chi connectivity index (χ3n) is 6.81. The fourth-order valence-corrected chi connectivity index (χ4v) is 5.46. The minimum absolute atomic E-state index is 0.217. The number of carbonyl (C=O) groups is 1. The van der Waals surface area contributed by atoms with Crippen LogP contribution >= 0.6 is 0 Å². The molecule has 0 saturated heterocycles. The molecule has 11 nitrogen and oxygen atoms in total. The zero-order valence-electron chi connectivity index (χ0n) is 22.5. The molecule has 3 heterocycles. The molecule has 2 aromatic heterocycles. The first-order chi connectivity index (χ1) is 19.2. The van der Waals surface area contributed by atoms with E-state index in [9.17, 15) is 13.2 Å². The number of hydrogen-bond donors (Lipinski definition) is 1. The Labute approximate surface area is 232 Å². The average Bonchev–Trinajstić information content (AvgIpc) is 3.35. The second-order valence-corrected chi connectivity index (χ2v) is 11.5. The Kier molecular flexibility index (Phi) is 7.81. The lowest BCUT2D eigenvalue weighted by molar-refractivity contribution is 0.0945. The summed E-state index contributed by atoms with van der Waals surface area (Å²) in [7, 11) is -1.72. The number of benzene rings is 2. The molecule has 0 radical (unpaired) electrons. The van der Waals surface area contributed by atoms with Crippen molar-refractivity contribution in [1.29, 1.82) is 0 Å². The van der Waals surface area contributed by atoms with Gasteiger partial charge in [-0.2, -0.15) is 4.31 Å². The van der Waals surface area contributed by atoms with Crippen LogP contribution in [-0.2, 0) is 36.1 Å². The largest absolute Gasteiger partial charge is 0.493 e. The monoisotopic (exact) mass is 562 g/mol. The number of aromatic nitrogens is 4. The number of methoxy groups -OCH3 is 1. The van der Waals surface area contributed by atoms with Crippen molar-refractivity contribution >= 4 is 15.9 Å². The number of nitrogens with zero attached hydrogens (tertiary/aromatic N) is 5. The highest BCUT2D eigenvalue weighted by atomic mass is 32.2. The first-order valence-electron chi connectivity index (χ1n) is 12.7. The van der Waals surface area contributed by atoms with Crippen LogP contribution in [0.1, 0.15) is 38.4 Å². The summed E-state index contributed by atoms with van der Waals surface area (Å²) in [6.45, 7) is 3.10. The van der Waals surface area contributed by atoms with E-state index in [1.165, 1.54) is 10.6 Å². The van der Waals surface area contributed by atoms with Crippen LogP contribution in [-0.4, -0.2) is 58.5 Å². The molecule has 0 fully saturated rings. The maximum absolute atomic E-state index is 13.0. The van der Waals surface area contributed by atoms with Gasteiger partial charge in [0.05, 0.1) is 24.7 Å². The van der Waals surface area contributed by atoms with Crippen LogP contribution in [0.2, 0.25) is 0 Å². The zero-order chi connectivity index (χ0) is 28.3. The number of hydrogen-bond acceptors (Lipinski definition) is 8. The van der Waals surface area contributed by atoms with E-state index in [-0.39, 0.29) is 18.1 Å². The highest BCUT2D eigenvalue weighted by molar-refractivity contribution is 7.88. The topological polar surface area (TPSA) is 129 Å². The highest BCUT2D eigenvalue weighted by Gasteiger charge is 2.26. The Morgan fingerprint density at radius 2 is 1.95 bits per heavy atom. The number of fused-ring (bicyclic) bond motifs is 1. The summed E-state index contributed by atoms with van der Waals surface area (Å²) >= 11 is 0. The van der Waals surface area contributed by atoms with Crippen molar-refractivity contribution in [1.82, 2.24) is 29.6 Å². The van der Waals surface area contributed by atoms with Crippen molar-refractivity contribution < 1.29 is 22.7 Å². The van der Waals surface area contributed by atoms with Gasteiger partial charge in [-0.3, -0.25) is 9.78 Å². The van der Waals surface area contributed by atoms with Gasteiger partial charge in [-0.15, -0.1) is 5.10 Å². The number of sulfonamides is 1. The SMILES string of the molecule is COc1cc(CNC(=O)c2nnn(-c3cccc4c3CCN(S(C)(=O)=O)C4)c2C)ccc1OCc1cccnc1. The third kappa shape index (κ3) is 5.82. The van der Waals surface area contributed by atoms with Gasteiger partial charge in [0, 0.05) is 37.6 Å². The first kappa shape index (κ1) is 27.3. The third-order valence-corrected chi connectivity index (χ3v) is 8.06. The van der Waals surface area contributed by atoms with Gasteiger partial charge >= 0.3 is 0 Å². The van der Waals surface area contributed by atoms with E-state index < -0.39 is 10.0 Å². The predicted molar refractivity (Wildman–Crippen MR) is 148 cm³/mol. The second kappa shape index (κ2) is 11.4. The van der Waals surface area contributed by atoms with E-state index in [0.29, 0.717) is 43.3 Å². The van der Waals surface area contributed by atoms with E-state index in [1.807, 2.05) is 48.5 Å². The number of pyridine rings is 1. The van der Waals surface area contributed by atoms with Gasteiger partial charge in [-0.05, 0) is 54.3 Å². The Balaban J connectivity index is 1.27. The maximum Gasteiger partial charge on any atom is 0.274 e. The molecule has 0 bridgehead atoms. The summed E-state index contributed by atoms with van der Waals surface area (Å²) in [5.74, 6) is 0.791. The van der Waals surface area contributed by atoms with Crippen molar-refractivity contribution in [3.63, 3.8) is 0 Å². The predicted octanol–water partition coefficient (Wildman–Crippen LogP) is 2.81. The smallest absolute Gasteiger partial charge is 0.274 e. The van der Waals surface area contributed by atoms with Gasteiger partial charge in [0.25, 0.3) is 5.91 Å². The number of amides is 1. The van der Waals surface area contributed by atoms with E-state index in [4.69, 9.17) is 9.47 Å². The molecule has 208 valence electrons. The molecule has 1 amide bonds. The Morgan fingerprint density at radius 3 is 2.70 bits per heavy atom. The Hall–Kier alpha value is -4.29. The lowest BCUT2D eigenvalue weighted by Crippen LogP contribution is -2.35. The second-order valence-electron chi connectivity index (χ2n) is 9.51. The number of nitrogens with one attached hydrogen (secondary N) is 1. The summed E-state index contributed by atoms with van der Waals surface area (Å²) in [5, 5.41) is 11.3. The summed E-state index contributed by atoms with van der Waals surface area (Å²) in [6, 6.07) is 15.0. The van der Waals surface area contributed by atoms with Crippen molar-refractivity contribution in [3.05, 3.63) is 94.6 Å². The molecule has 40 heavy (non-hydrogen) atoms. The summed E-state index contributed by atoms with van der Waals surface area (Å²) < 4.78 is 38.5. The Bertz CT molecular complexity index is 1640. The molecular formula is C28H30N6O5S. The van der Waals surface area contributed by atoms with Crippen LogP contribution in [0.5, 0.6) is 11.5 Å². The average molecular weight is 563 g/mol. The van der Waals surface area contributed by atoms with Gasteiger partial charge in [-0.1, -0.05) is 29.5 Å². The minimum atomic E-state index is -3.28. The van der Waals surface area contributed by atoms with E-state index in [2.05, 4.69) is 20.6 Å². The first-order valence-corrected chi connectivity index (χ1v) is 14.5. The van der Waals surface area contributed by atoms with Gasteiger partial charge < -0.3 is 14.8 Å². The van der Waals surface area contributed by atoms with E-state index in [0.717, 1.165) is 27.9 Å². The molecule has 1 aliphatic rings. The standard InChI is InChI=1S/C28H30N6O5S/c1-19-27(31-32-34(19)24-8-4-7-22-17-33(40(3,36)37)13-11-23(22)24)28(35)30-16-20-9-10-25(26(14-20)38-2)39-18-21-6-5-12-29-15-21/h4-10,12,14-15H,11,13,16-18H2,1-3H3,(H,30,35). The molecule has 0 spiro atoms. The Morgan fingerprint density at radius 1 is 1.10 bits per heavy atom. The zero-order valence-corrected chi connectivity index (χ0v) is 23.3. The molecule has 1 aliphatic heterocycles. The van der Waals surface area contributed by atoms with E-state index >= 15 is 0 Å². The van der Waals surface area contributed by atoms with Crippen molar-refractivity contribution in [2.24, 2.45) is 0 Å². The molecule has 0 aliphatic carbocycles. The summed E-state index contributed by atoms with van der Waals surface area (Å²) in [4.78, 5) is 17.1. The van der Waals surface area contributed by atoms with Crippen LogP contribution in [0.15, 0.2) is 60.9 Å². The number of rotatable bonds is 9. The van der Waals surface area contributed by atoms with Gasteiger partial charge in [0.2, 0.25) is 10.0 Å². The fourth-order valence-electron chi connectivity index (χ4n) is 4.66. The molecule has 12 heteroatoms. The molecule has 0 atom stereocenters. The number of ether oxygens (including phenoxy) is 2. The van der Waals surface area contributed by atoms with E-state index in [1.54, 1.807) is 31.1 Å². The summed E-state index contributed by atoms with van der Waals surface area (Å²) in [6.07, 6.45) is 5.22. The number of carbonyl (C=O) groups excluding carboxylic acids is 1. The molecule has 5 rings (SSSR count). The van der Waals surface area contributed by atoms with Crippen molar-refractivity contribution in [2.75, 3.05) is 19.9 Å². The molecular weight excluding hydrogens is 532 g/mol. The van der Waals surface area contributed by atoms with Crippen molar-refractivity contribution in [2.45, 2.75) is 33.0 Å². The van der Waals surface area contributed by atoms with Gasteiger partial charge in [-0.25, -0.2) is 13.1 Å². The van der Waals surface area contributed by atoms with Gasteiger partial charge in [0.1, 0.15) is 6.61 Å². The van der Waals surface area contributed by atoms with Gasteiger partial charge in [0.15, 0.2) is 17.2 Å².